The number of halogens is 1. The van der Waals surface area contributed by atoms with Crippen LogP contribution in [0.3, 0.4) is 0 Å². The number of oxime groups is 1. The fourth-order valence-corrected chi connectivity index (χ4v) is 9.97. The van der Waals surface area contributed by atoms with Gasteiger partial charge in [0.25, 0.3) is 0 Å². The number of hydrogen-bond donors (Lipinski definition) is 2. The largest absolute Gasteiger partial charge is 0.459 e. The molecule has 0 bridgehead atoms. The summed E-state index contributed by atoms with van der Waals surface area (Å²) in [5.74, 6) is 0.197. The van der Waals surface area contributed by atoms with Crippen molar-refractivity contribution in [3.8, 4) is 17.2 Å². The van der Waals surface area contributed by atoms with E-state index < -0.39 is 23.8 Å². The standard InChI is InChI=1S/C51H61ClN2O8/c1-5-27-59-51-47(54(50(57)58-28-24-52)33-38-17-13-16-36-14-7-8-18-41(36)38)32-45(53-60-6-2)43-30-37(15-9-11-25-55)42(19-10-12-26-56)48(49(43)51)44-31-40(22-23-46(44)62-51)61-39-21-20-34(3)35(4)29-39/h5,7-8,13-14,16-18,20-23,29-31,37,42,47-49,55-56H,1,6,9-12,15,19,24-28,32-33H2,2-4H3. The maximum atomic E-state index is 14.7. The van der Waals surface area contributed by atoms with Gasteiger partial charge in [0.15, 0.2) is 0 Å². The normalized spacial score (nSPS) is 23.2. The van der Waals surface area contributed by atoms with Gasteiger partial charge in [-0.25, -0.2) is 4.79 Å². The molecule has 62 heavy (non-hydrogen) atoms. The third kappa shape index (κ3) is 9.54. The molecule has 0 spiro atoms. The maximum Gasteiger partial charge on any atom is 0.410 e. The molecule has 330 valence electrons. The van der Waals surface area contributed by atoms with Gasteiger partial charge in [0.05, 0.1) is 30.7 Å². The predicted octanol–water partition coefficient (Wildman–Crippen LogP) is 10.8. The number of aryl methyl sites for hydroxylation is 2. The number of rotatable bonds is 20. The van der Waals surface area contributed by atoms with Crippen molar-refractivity contribution in [1.29, 1.82) is 0 Å². The Morgan fingerprint density at radius 2 is 1.73 bits per heavy atom. The van der Waals surface area contributed by atoms with E-state index in [-0.39, 0.29) is 63.0 Å². The Morgan fingerprint density at radius 3 is 2.48 bits per heavy atom. The molecule has 7 rings (SSSR count). The first kappa shape index (κ1) is 45.2. The molecule has 11 heteroatoms. The zero-order chi connectivity index (χ0) is 43.6. The van der Waals surface area contributed by atoms with Crippen molar-refractivity contribution < 1.29 is 38.8 Å². The number of aliphatic hydroxyl groups is 2. The minimum absolute atomic E-state index is 0.0200. The van der Waals surface area contributed by atoms with Crippen molar-refractivity contribution in [2.24, 2.45) is 22.9 Å². The second kappa shape index (κ2) is 21.0. The summed E-state index contributed by atoms with van der Waals surface area (Å²) in [5, 5.41) is 26.8. The van der Waals surface area contributed by atoms with Crippen LogP contribution >= 0.6 is 11.6 Å². The fourth-order valence-electron chi connectivity index (χ4n) is 9.89. The van der Waals surface area contributed by atoms with Crippen molar-refractivity contribution in [1.82, 2.24) is 4.90 Å². The maximum absolute atomic E-state index is 14.7. The van der Waals surface area contributed by atoms with Gasteiger partial charge in [-0.1, -0.05) is 78.7 Å². The molecule has 0 aromatic heterocycles. The molecule has 6 unspecified atom stereocenters. The molecule has 4 aromatic rings. The van der Waals surface area contributed by atoms with Crippen LogP contribution in [0.25, 0.3) is 10.8 Å². The molecule has 1 heterocycles. The number of allylic oxidation sites excluding steroid dienone is 1. The minimum atomic E-state index is -1.45. The van der Waals surface area contributed by atoms with Crippen LogP contribution in [-0.2, 0) is 20.9 Å². The highest BCUT2D eigenvalue weighted by Gasteiger charge is 2.65. The highest BCUT2D eigenvalue weighted by atomic mass is 35.5. The molecular weight excluding hydrogens is 804 g/mol. The molecule has 2 N–H and O–H groups in total. The second-order valence-corrected chi connectivity index (χ2v) is 17.0. The van der Waals surface area contributed by atoms with E-state index in [0.29, 0.717) is 36.7 Å². The lowest BCUT2D eigenvalue weighted by Crippen LogP contribution is -2.70. The summed E-state index contributed by atoms with van der Waals surface area (Å²) in [6.45, 7) is 11.0. The molecule has 4 aromatic carbocycles. The summed E-state index contributed by atoms with van der Waals surface area (Å²) < 4.78 is 27.1. The van der Waals surface area contributed by atoms with E-state index in [4.69, 9.17) is 40.5 Å². The molecule has 1 amide bonds. The van der Waals surface area contributed by atoms with Gasteiger partial charge >= 0.3 is 6.09 Å². The van der Waals surface area contributed by atoms with Crippen LogP contribution in [0, 0.1) is 31.6 Å². The van der Waals surface area contributed by atoms with E-state index in [2.05, 4.69) is 56.8 Å². The minimum Gasteiger partial charge on any atom is -0.459 e. The summed E-state index contributed by atoms with van der Waals surface area (Å²) in [4.78, 5) is 22.4. The average molecular weight is 866 g/mol. The number of unbranched alkanes of at least 4 members (excludes halogenated alkanes) is 2. The van der Waals surface area contributed by atoms with Gasteiger partial charge in [-0.3, -0.25) is 4.90 Å². The van der Waals surface area contributed by atoms with E-state index in [9.17, 15) is 15.0 Å². The first-order valence-electron chi connectivity index (χ1n) is 22.2. The summed E-state index contributed by atoms with van der Waals surface area (Å²) in [5.41, 5.74) is 5.91. The SMILES string of the molecule is C=CCOC12Oc3ccc(Oc4ccc(C)c(C)c4)cc3C3C(CCCCO)C(CCCCO)C=C(C(=NOCC)CC1N(Cc1cccc4ccccc14)C(=O)OCCCl)C32. The van der Waals surface area contributed by atoms with E-state index in [1.165, 1.54) is 5.56 Å². The number of carbonyl (C=O) groups is 1. The van der Waals surface area contributed by atoms with Crippen LogP contribution in [0.2, 0.25) is 0 Å². The Bertz CT molecular complexity index is 2240. The number of fused-ring (bicyclic) bond motifs is 3. The van der Waals surface area contributed by atoms with Crippen molar-refractivity contribution in [2.45, 2.75) is 90.0 Å². The van der Waals surface area contributed by atoms with Crippen LogP contribution in [0.1, 0.15) is 80.0 Å². The topological polar surface area (TPSA) is 119 Å². The molecule has 1 saturated carbocycles. The first-order valence-corrected chi connectivity index (χ1v) is 22.7. The molecule has 0 radical (unpaired) electrons. The molecule has 0 saturated heterocycles. The summed E-state index contributed by atoms with van der Waals surface area (Å²) in [6, 6.07) is 25.6. The lowest BCUT2D eigenvalue weighted by atomic mass is 9.55. The number of hydrogen-bond acceptors (Lipinski definition) is 9. The number of alkyl halides is 1. The van der Waals surface area contributed by atoms with E-state index >= 15 is 0 Å². The van der Waals surface area contributed by atoms with Crippen LogP contribution < -0.4 is 9.47 Å². The molecule has 10 nitrogen and oxygen atoms in total. The van der Waals surface area contributed by atoms with E-state index in [1.807, 2.05) is 55.5 Å². The number of benzene rings is 4. The van der Waals surface area contributed by atoms with Gasteiger partial charge < -0.3 is 34.0 Å². The highest BCUT2D eigenvalue weighted by molar-refractivity contribution is 6.18. The third-order valence-corrected chi connectivity index (χ3v) is 13.0. The third-order valence-electron chi connectivity index (χ3n) is 12.8. The number of amides is 1. The lowest BCUT2D eigenvalue weighted by molar-refractivity contribution is -0.256. The Balaban J connectivity index is 1.46. The van der Waals surface area contributed by atoms with Gasteiger partial charge in [0.1, 0.15) is 36.5 Å². The van der Waals surface area contributed by atoms with Gasteiger partial charge in [0.2, 0.25) is 5.79 Å². The smallest absolute Gasteiger partial charge is 0.410 e. The van der Waals surface area contributed by atoms with E-state index in [1.54, 1.807) is 11.0 Å². The lowest BCUT2D eigenvalue weighted by Gasteiger charge is -2.59. The van der Waals surface area contributed by atoms with Gasteiger partial charge in [-0.2, -0.15) is 0 Å². The zero-order valence-corrected chi connectivity index (χ0v) is 37.0. The molecule has 1 aliphatic heterocycles. The summed E-state index contributed by atoms with van der Waals surface area (Å²) in [7, 11) is 0. The summed E-state index contributed by atoms with van der Waals surface area (Å²) in [6.07, 6.45) is 8.40. The van der Waals surface area contributed by atoms with Crippen LogP contribution in [0.5, 0.6) is 17.2 Å². The number of ether oxygens (including phenoxy) is 4. The van der Waals surface area contributed by atoms with Gasteiger partial charge in [-0.05, 0) is 122 Å². The van der Waals surface area contributed by atoms with Crippen LogP contribution in [0.4, 0.5) is 4.79 Å². The monoisotopic (exact) mass is 864 g/mol. The molecule has 1 fully saturated rings. The first-order chi connectivity index (χ1) is 30.3. The quantitative estimate of drug-likeness (QED) is 0.0390. The van der Waals surface area contributed by atoms with Crippen LogP contribution in [0.15, 0.2) is 108 Å². The Labute approximate surface area is 371 Å². The molecular formula is C51H61ClN2O8. The van der Waals surface area contributed by atoms with Crippen molar-refractivity contribution >= 4 is 34.2 Å². The van der Waals surface area contributed by atoms with Gasteiger partial charge in [-0.15, -0.1) is 18.2 Å². The van der Waals surface area contributed by atoms with E-state index in [0.717, 1.165) is 64.5 Å². The van der Waals surface area contributed by atoms with Crippen LogP contribution in [-0.4, -0.2) is 77.7 Å². The highest BCUT2D eigenvalue weighted by Crippen LogP contribution is 2.62. The number of nitrogens with zero attached hydrogens (tertiary/aromatic N) is 2. The number of aliphatic hydroxyl groups excluding tert-OH is 2. The Hall–Kier alpha value is -4.87. The number of carbonyl (C=O) groups excluding carboxylic acids is 1. The molecule has 3 aliphatic rings. The summed E-state index contributed by atoms with van der Waals surface area (Å²) >= 11 is 6.15. The van der Waals surface area contributed by atoms with Crippen molar-refractivity contribution in [3.05, 3.63) is 125 Å². The van der Waals surface area contributed by atoms with Crippen molar-refractivity contribution in [2.75, 3.05) is 38.9 Å². The Kier molecular flexibility index (Phi) is 15.3. The second-order valence-electron chi connectivity index (χ2n) is 16.6. The predicted molar refractivity (Wildman–Crippen MR) is 244 cm³/mol. The fraction of sp³-hybridized carbons (Fsp3) is 0.451. The Morgan fingerprint density at radius 1 is 0.968 bits per heavy atom. The van der Waals surface area contributed by atoms with Crippen molar-refractivity contribution in [3.63, 3.8) is 0 Å². The van der Waals surface area contributed by atoms with Gasteiger partial charge in [0, 0.05) is 31.1 Å². The molecule has 6 atom stereocenters. The average Bonchev–Trinajstić information content (AvgIpc) is 3.28. The zero-order valence-electron chi connectivity index (χ0n) is 36.3. The molecule has 2 aliphatic carbocycles.